The van der Waals surface area contributed by atoms with E-state index in [2.05, 4.69) is 4.72 Å². The van der Waals surface area contributed by atoms with Gasteiger partial charge in [0.05, 0.1) is 18.0 Å². The van der Waals surface area contributed by atoms with Gasteiger partial charge in [0.15, 0.2) is 0 Å². The van der Waals surface area contributed by atoms with E-state index in [0.717, 1.165) is 23.2 Å². The number of hydrogen-bond acceptors (Lipinski definition) is 4. The van der Waals surface area contributed by atoms with Gasteiger partial charge >= 0.3 is 0 Å². The van der Waals surface area contributed by atoms with Crippen molar-refractivity contribution in [3.63, 3.8) is 0 Å². The van der Waals surface area contributed by atoms with Crippen LogP contribution < -0.4 is 14.4 Å². The van der Waals surface area contributed by atoms with Crippen molar-refractivity contribution in [1.82, 2.24) is 4.72 Å². The Kier molecular flexibility index (Phi) is 6.06. The number of amides is 1. The Balaban J connectivity index is 1.63. The third-order valence-corrected chi connectivity index (χ3v) is 6.83. The number of sulfonamides is 1. The number of hydrogen-bond donors (Lipinski definition) is 1. The van der Waals surface area contributed by atoms with Crippen LogP contribution in [0.15, 0.2) is 83.8 Å². The van der Waals surface area contributed by atoms with Gasteiger partial charge in [-0.2, -0.15) is 4.72 Å². The summed E-state index contributed by atoms with van der Waals surface area (Å²) in [6.07, 6.45) is 1.35. The maximum absolute atomic E-state index is 13.2. The fourth-order valence-electron chi connectivity index (χ4n) is 3.72. The third kappa shape index (κ3) is 4.62. The minimum Gasteiger partial charge on any atom is -0.497 e. The molecule has 4 rings (SSSR count). The maximum Gasteiger partial charge on any atom is 0.241 e. The second-order valence-corrected chi connectivity index (χ2v) is 9.09. The largest absolute Gasteiger partial charge is 0.497 e. The number of anilines is 1. The highest BCUT2D eigenvalue weighted by molar-refractivity contribution is 7.89. The smallest absolute Gasteiger partial charge is 0.241 e. The van der Waals surface area contributed by atoms with Gasteiger partial charge in [0, 0.05) is 18.7 Å². The summed E-state index contributed by atoms with van der Waals surface area (Å²) in [5.41, 5.74) is 2.35. The number of benzene rings is 3. The van der Waals surface area contributed by atoms with Gasteiger partial charge in [-0.05, 0) is 53.9 Å². The topological polar surface area (TPSA) is 75.7 Å². The van der Waals surface area contributed by atoms with Crippen molar-refractivity contribution in [2.45, 2.75) is 23.8 Å². The normalized spacial score (nSPS) is 15.1. The first-order valence-electron chi connectivity index (χ1n) is 10.1. The van der Waals surface area contributed by atoms with Crippen LogP contribution in [0, 0.1) is 0 Å². The van der Waals surface area contributed by atoms with Crippen LogP contribution >= 0.6 is 0 Å². The van der Waals surface area contributed by atoms with E-state index >= 15 is 0 Å². The zero-order valence-electron chi connectivity index (χ0n) is 17.2. The number of carbonyl (C=O) groups is 1. The summed E-state index contributed by atoms with van der Waals surface area (Å²) >= 11 is 0. The summed E-state index contributed by atoms with van der Waals surface area (Å²) in [6, 6.07) is 22.6. The summed E-state index contributed by atoms with van der Waals surface area (Å²) in [6.45, 7) is 0.663. The Hall–Kier alpha value is -3.16. The molecule has 160 valence electrons. The van der Waals surface area contributed by atoms with Crippen LogP contribution in [0.2, 0.25) is 0 Å². The van der Waals surface area contributed by atoms with Gasteiger partial charge < -0.3 is 9.64 Å². The highest BCUT2D eigenvalue weighted by Crippen LogP contribution is 2.28. The van der Waals surface area contributed by atoms with E-state index in [1.165, 1.54) is 0 Å². The molecule has 0 aromatic heterocycles. The first-order chi connectivity index (χ1) is 15.0. The molecule has 0 saturated carbocycles. The number of rotatable bonds is 7. The first kappa shape index (κ1) is 21.1. The van der Waals surface area contributed by atoms with Crippen LogP contribution in [-0.4, -0.2) is 28.0 Å². The zero-order chi connectivity index (χ0) is 21.8. The Morgan fingerprint density at radius 3 is 2.13 bits per heavy atom. The Bertz CT molecular complexity index is 1140. The average molecular weight is 437 g/mol. The SMILES string of the molecule is COc1ccc([C@@H](NS(=O)(=O)c2ccc(N3CCCC3=O)cc2)c2ccccc2)cc1. The molecule has 3 aromatic rings. The van der Waals surface area contributed by atoms with Crippen LogP contribution in [0.25, 0.3) is 0 Å². The van der Waals surface area contributed by atoms with Crippen molar-refractivity contribution in [3.8, 4) is 5.75 Å². The minimum absolute atomic E-state index is 0.0670. The molecule has 1 N–H and O–H groups in total. The molecule has 0 radical (unpaired) electrons. The summed E-state index contributed by atoms with van der Waals surface area (Å²) < 4.78 is 34.4. The van der Waals surface area contributed by atoms with Gasteiger partial charge in [0.1, 0.15) is 5.75 Å². The van der Waals surface area contributed by atoms with E-state index in [1.54, 1.807) is 48.4 Å². The highest BCUT2D eigenvalue weighted by Gasteiger charge is 2.25. The van der Waals surface area contributed by atoms with Crippen molar-refractivity contribution in [2.24, 2.45) is 0 Å². The Morgan fingerprint density at radius 1 is 0.903 bits per heavy atom. The van der Waals surface area contributed by atoms with E-state index < -0.39 is 16.1 Å². The van der Waals surface area contributed by atoms with E-state index in [-0.39, 0.29) is 10.8 Å². The molecule has 1 amide bonds. The van der Waals surface area contributed by atoms with Crippen molar-refractivity contribution < 1.29 is 17.9 Å². The van der Waals surface area contributed by atoms with Crippen LogP contribution in [-0.2, 0) is 14.8 Å². The quantitative estimate of drug-likeness (QED) is 0.610. The Morgan fingerprint density at radius 2 is 1.55 bits per heavy atom. The van der Waals surface area contributed by atoms with Gasteiger partial charge in [0.2, 0.25) is 15.9 Å². The second kappa shape index (κ2) is 8.91. The molecule has 1 heterocycles. The maximum atomic E-state index is 13.2. The van der Waals surface area contributed by atoms with Crippen LogP contribution in [0.3, 0.4) is 0 Å². The lowest BCUT2D eigenvalue weighted by Crippen LogP contribution is -2.29. The molecule has 3 aromatic carbocycles. The van der Waals surface area contributed by atoms with E-state index in [9.17, 15) is 13.2 Å². The zero-order valence-corrected chi connectivity index (χ0v) is 18.0. The number of nitrogens with one attached hydrogen (secondary N) is 1. The molecule has 1 fully saturated rings. The molecule has 6 nitrogen and oxygen atoms in total. The molecule has 0 aliphatic carbocycles. The number of carbonyl (C=O) groups excluding carboxylic acids is 1. The molecule has 0 bridgehead atoms. The fourth-order valence-corrected chi connectivity index (χ4v) is 4.93. The van der Waals surface area contributed by atoms with Crippen LogP contribution in [0.4, 0.5) is 5.69 Å². The van der Waals surface area contributed by atoms with Gasteiger partial charge in [-0.25, -0.2) is 8.42 Å². The van der Waals surface area contributed by atoms with Gasteiger partial charge in [-0.1, -0.05) is 42.5 Å². The molecule has 0 spiro atoms. The molecule has 1 aliphatic heterocycles. The summed E-state index contributed by atoms with van der Waals surface area (Å²) in [5, 5.41) is 0. The van der Waals surface area contributed by atoms with Crippen molar-refractivity contribution in [3.05, 3.63) is 90.0 Å². The van der Waals surface area contributed by atoms with Crippen molar-refractivity contribution >= 4 is 21.6 Å². The molecule has 0 unspecified atom stereocenters. The Labute approximate surface area is 182 Å². The first-order valence-corrected chi connectivity index (χ1v) is 11.6. The minimum atomic E-state index is -3.81. The van der Waals surface area contributed by atoms with Crippen molar-refractivity contribution in [1.29, 1.82) is 0 Å². The van der Waals surface area contributed by atoms with Gasteiger partial charge in [0.25, 0.3) is 0 Å². The van der Waals surface area contributed by atoms with E-state index in [1.807, 2.05) is 42.5 Å². The lowest BCUT2D eigenvalue weighted by molar-refractivity contribution is -0.117. The highest BCUT2D eigenvalue weighted by atomic mass is 32.2. The predicted molar refractivity (Wildman–Crippen MR) is 120 cm³/mol. The summed E-state index contributed by atoms with van der Waals surface area (Å²) in [7, 11) is -2.22. The van der Waals surface area contributed by atoms with Gasteiger partial charge in [-0.3, -0.25) is 4.79 Å². The molecule has 1 atom stereocenters. The lowest BCUT2D eigenvalue weighted by Gasteiger charge is -2.21. The van der Waals surface area contributed by atoms with E-state index in [0.29, 0.717) is 18.7 Å². The fraction of sp³-hybridized carbons (Fsp3) is 0.208. The lowest BCUT2D eigenvalue weighted by atomic mass is 10.00. The second-order valence-electron chi connectivity index (χ2n) is 7.38. The number of ether oxygens (including phenoxy) is 1. The van der Waals surface area contributed by atoms with E-state index in [4.69, 9.17) is 4.74 Å². The van der Waals surface area contributed by atoms with Crippen LogP contribution in [0.1, 0.15) is 30.0 Å². The molecule has 7 heteroatoms. The molecule has 31 heavy (non-hydrogen) atoms. The average Bonchev–Trinajstić information content (AvgIpc) is 3.24. The third-order valence-electron chi connectivity index (χ3n) is 5.39. The molecular weight excluding hydrogens is 412 g/mol. The number of nitrogens with zero attached hydrogens (tertiary/aromatic N) is 1. The van der Waals surface area contributed by atoms with Crippen LogP contribution in [0.5, 0.6) is 5.75 Å². The number of methoxy groups -OCH3 is 1. The predicted octanol–water partition coefficient (Wildman–Crippen LogP) is 3.89. The van der Waals surface area contributed by atoms with Crippen molar-refractivity contribution in [2.75, 3.05) is 18.6 Å². The standard InChI is InChI=1S/C24H24N2O4S/c1-30-21-13-9-19(10-14-21)24(18-6-3-2-4-7-18)25-31(28,29)22-15-11-20(12-16-22)26-17-5-8-23(26)27/h2-4,6-7,9-16,24-25H,5,8,17H2,1H3/t24-/m0/s1. The molecular formula is C24H24N2O4S. The molecule has 1 saturated heterocycles. The summed E-state index contributed by atoms with van der Waals surface area (Å²) in [4.78, 5) is 13.8. The van der Waals surface area contributed by atoms with Gasteiger partial charge in [-0.15, -0.1) is 0 Å². The molecule has 1 aliphatic rings. The summed E-state index contributed by atoms with van der Waals surface area (Å²) in [5.74, 6) is 0.767. The monoisotopic (exact) mass is 436 g/mol.